The van der Waals surface area contributed by atoms with Crippen LogP contribution in [-0.4, -0.2) is 27.5 Å². The molecule has 2 aromatic rings. The Bertz CT molecular complexity index is 606. The summed E-state index contributed by atoms with van der Waals surface area (Å²) in [4.78, 5) is 20.1. The molecule has 0 aliphatic rings. The van der Waals surface area contributed by atoms with E-state index in [1.54, 1.807) is 12.3 Å². The lowest BCUT2D eigenvalue weighted by molar-refractivity contribution is 0.0947. The van der Waals surface area contributed by atoms with E-state index in [0.717, 1.165) is 5.39 Å². The molecule has 7 heteroatoms. The number of aromatic nitrogens is 2. The summed E-state index contributed by atoms with van der Waals surface area (Å²) in [6.07, 6.45) is 1.57. The second kappa shape index (κ2) is 5.70. The van der Waals surface area contributed by atoms with Crippen molar-refractivity contribution in [1.29, 1.82) is 0 Å². The van der Waals surface area contributed by atoms with Crippen molar-refractivity contribution >= 4 is 46.9 Å². The quantitative estimate of drug-likeness (QED) is 0.807. The Kier molecular flexibility index (Phi) is 4.23. The van der Waals surface area contributed by atoms with Crippen LogP contribution in [0.5, 0.6) is 5.75 Å². The number of carbonyl (C=O) groups excluding carboxylic acids is 1. The van der Waals surface area contributed by atoms with Crippen LogP contribution in [0.15, 0.2) is 23.4 Å². The van der Waals surface area contributed by atoms with Gasteiger partial charge in [0.2, 0.25) is 0 Å². The highest BCUT2D eigenvalue weighted by atomic mass is 127. The van der Waals surface area contributed by atoms with E-state index < -0.39 is 5.91 Å². The highest BCUT2D eigenvalue weighted by Crippen LogP contribution is 2.35. The van der Waals surface area contributed by atoms with E-state index in [2.05, 4.69) is 36.5 Å². The summed E-state index contributed by atoms with van der Waals surface area (Å²) < 4.78 is 0. The summed E-state index contributed by atoms with van der Waals surface area (Å²) in [5, 5.41) is 14.1. The Labute approximate surface area is 120 Å². The van der Waals surface area contributed by atoms with E-state index in [1.807, 2.05) is 13.0 Å². The first-order chi connectivity index (χ1) is 8.69. The number of amides is 1. The molecule has 0 spiro atoms. The second-order valence-corrected chi connectivity index (χ2v) is 5.31. The predicted octanol–water partition coefficient (Wildman–Crippen LogP) is 2.53. The topological polar surface area (TPSA) is 75.1 Å². The number of nitrogens with one attached hydrogen (secondary N) is 1. The highest BCUT2D eigenvalue weighted by molar-refractivity contribution is 14.2. The highest BCUT2D eigenvalue weighted by Gasteiger charge is 2.19. The van der Waals surface area contributed by atoms with Gasteiger partial charge in [-0.2, -0.15) is 0 Å². The van der Waals surface area contributed by atoms with Gasteiger partial charge >= 0.3 is 0 Å². The number of nitrogens with zero attached hydrogens (tertiary/aromatic N) is 2. The van der Waals surface area contributed by atoms with E-state index in [9.17, 15) is 9.90 Å². The molecule has 2 N–H and O–H groups in total. The van der Waals surface area contributed by atoms with Gasteiger partial charge in [-0.25, -0.2) is 4.98 Å². The minimum absolute atomic E-state index is 0.0159. The minimum atomic E-state index is -0.394. The molecular formula is C11H10IN3O2S. The van der Waals surface area contributed by atoms with Crippen LogP contribution in [0.25, 0.3) is 10.9 Å². The lowest BCUT2D eigenvalue weighted by atomic mass is 10.2. The first-order valence-corrected chi connectivity index (χ1v) is 8.59. The van der Waals surface area contributed by atoms with Crippen molar-refractivity contribution in [2.45, 2.75) is 11.9 Å². The van der Waals surface area contributed by atoms with E-state index in [4.69, 9.17) is 0 Å². The molecule has 18 heavy (non-hydrogen) atoms. The molecular weight excluding hydrogens is 365 g/mol. The van der Waals surface area contributed by atoms with Gasteiger partial charge in [0.25, 0.3) is 5.91 Å². The Morgan fingerprint density at radius 1 is 1.61 bits per heavy atom. The number of pyridine rings is 2. The van der Waals surface area contributed by atoms with Crippen LogP contribution < -0.4 is 5.32 Å². The van der Waals surface area contributed by atoms with Crippen molar-refractivity contribution in [3.63, 3.8) is 0 Å². The number of carbonyl (C=O) groups is 1. The summed E-state index contributed by atoms with van der Waals surface area (Å²) in [7, 11) is 1.38. The van der Waals surface area contributed by atoms with Gasteiger partial charge in [-0.3, -0.25) is 9.78 Å². The smallest absolute Gasteiger partial charge is 0.273 e. The lowest BCUT2D eigenvalue weighted by Crippen LogP contribution is -2.24. The Balaban J connectivity index is 2.69. The van der Waals surface area contributed by atoms with E-state index in [1.165, 1.54) is 8.93 Å². The molecule has 0 radical (unpaired) electrons. The third kappa shape index (κ3) is 2.37. The molecule has 0 aliphatic carbocycles. The van der Waals surface area contributed by atoms with Gasteiger partial charge in [0.15, 0.2) is 11.4 Å². The number of hydrogen-bond acceptors (Lipinski definition) is 5. The minimum Gasteiger partial charge on any atom is -0.504 e. The molecule has 2 rings (SSSR count). The third-order valence-corrected chi connectivity index (χ3v) is 4.03. The fourth-order valence-electron chi connectivity index (χ4n) is 1.55. The first kappa shape index (κ1) is 13.3. The standard InChI is InChI=1S/C11H10IN3O2S/c1-2-13-10(17)8-9(16)7-6(4-3-5-14-7)11(15-8)18-12/h3-5,16H,2H2,1H3,(H,13,17). The largest absolute Gasteiger partial charge is 0.504 e. The summed E-state index contributed by atoms with van der Waals surface area (Å²) >= 11 is 2.09. The molecule has 2 heterocycles. The van der Waals surface area contributed by atoms with Crippen LogP contribution in [0.3, 0.4) is 0 Å². The molecule has 0 fully saturated rings. The normalized spacial score (nSPS) is 10.6. The summed E-state index contributed by atoms with van der Waals surface area (Å²) in [6.45, 7) is 2.29. The molecule has 2 aromatic heterocycles. The van der Waals surface area contributed by atoms with Gasteiger partial charge in [0, 0.05) is 39.3 Å². The van der Waals surface area contributed by atoms with E-state index in [-0.39, 0.29) is 11.4 Å². The Morgan fingerprint density at radius 2 is 2.39 bits per heavy atom. The molecule has 94 valence electrons. The molecule has 0 saturated carbocycles. The third-order valence-electron chi connectivity index (χ3n) is 2.33. The first-order valence-electron chi connectivity index (χ1n) is 5.23. The van der Waals surface area contributed by atoms with Crippen molar-refractivity contribution < 1.29 is 9.90 Å². The van der Waals surface area contributed by atoms with E-state index in [0.29, 0.717) is 17.1 Å². The lowest BCUT2D eigenvalue weighted by Gasteiger charge is -2.09. The van der Waals surface area contributed by atoms with E-state index >= 15 is 0 Å². The number of fused-ring (bicyclic) bond motifs is 1. The fraction of sp³-hybridized carbons (Fsp3) is 0.182. The SMILES string of the molecule is CCNC(=O)c1nc(SI)c2cccnc2c1O. The van der Waals surface area contributed by atoms with Crippen molar-refractivity contribution in [3.8, 4) is 5.75 Å². The van der Waals surface area contributed by atoms with Crippen molar-refractivity contribution in [3.05, 3.63) is 24.0 Å². The van der Waals surface area contributed by atoms with Gasteiger partial charge in [0.05, 0.1) is 0 Å². The van der Waals surface area contributed by atoms with Gasteiger partial charge in [-0.15, -0.1) is 0 Å². The van der Waals surface area contributed by atoms with Gasteiger partial charge < -0.3 is 10.4 Å². The van der Waals surface area contributed by atoms with Crippen LogP contribution in [0.1, 0.15) is 17.4 Å². The summed E-state index contributed by atoms with van der Waals surface area (Å²) in [6, 6.07) is 3.59. The Morgan fingerprint density at radius 3 is 3.06 bits per heavy atom. The zero-order valence-electron chi connectivity index (χ0n) is 9.48. The van der Waals surface area contributed by atoms with Crippen LogP contribution in [0.4, 0.5) is 0 Å². The maximum absolute atomic E-state index is 11.8. The number of halogens is 1. The van der Waals surface area contributed by atoms with Crippen molar-refractivity contribution in [2.24, 2.45) is 0 Å². The number of hydrogen-bond donors (Lipinski definition) is 2. The maximum atomic E-state index is 11.8. The molecule has 0 atom stereocenters. The monoisotopic (exact) mass is 375 g/mol. The zero-order valence-corrected chi connectivity index (χ0v) is 12.4. The molecule has 0 aromatic carbocycles. The number of aromatic hydroxyl groups is 1. The average molecular weight is 375 g/mol. The van der Waals surface area contributed by atoms with Gasteiger partial charge in [-0.05, 0) is 28.0 Å². The van der Waals surface area contributed by atoms with Crippen LogP contribution in [0.2, 0.25) is 0 Å². The Hall–Kier alpha value is -1.09. The molecule has 0 unspecified atom stereocenters. The fourth-order valence-corrected chi connectivity index (χ4v) is 2.94. The molecule has 5 nitrogen and oxygen atoms in total. The van der Waals surface area contributed by atoms with Crippen molar-refractivity contribution in [1.82, 2.24) is 15.3 Å². The number of rotatable bonds is 3. The summed E-state index contributed by atoms with van der Waals surface area (Å²) in [5.74, 6) is -0.569. The van der Waals surface area contributed by atoms with Gasteiger partial charge in [-0.1, -0.05) is 0 Å². The van der Waals surface area contributed by atoms with Crippen LogP contribution >= 0.6 is 30.1 Å². The van der Waals surface area contributed by atoms with Crippen LogP contribution in [0, 0.1) is 0 Å². The molecule has 0 aliphatic heterocycles. The maximum Gasteiger partial charge on any atom is 0.273 e. The van der Waals surface area contributed by atoms with Gasteiger partial charge in [0.1, 0.15) is 10.5 Å². The van der Waals surface area contributed by atoms with Crippen molar-refractivity contribution in [2.75, 3.05) is 6.54 Å². The average Bonchev–Trinajstić information content (AvgIpc) is 2.40. The second-order valence-electron chi connectivity index (χ2n) is 3.45. The molecule has 1 amide bonds. The predicted molar refractivity (Wildman–Crippen MR) is 79.1 cm³/mol. The van der Waals surface area contributed by atoms with Crippen LogP contribution in [-0.2, 0) is 0 Å². The zero-order chi connectivity index (χ0) is 13.1. The molecule has 0 bridgehead atoms. The molecule has 0 saturated heterocycles. The summed E-state index contributed by atoms with van der Waals surface area (Å²) in [5.41, 5.74) is 0.412.